The molecule has 0 bridgehead atoms. The van der Waals surface area contributed by atoms with Gasteiger partial charge in [0.1, 0.15) is 6.54 Å². The minimum absolute atomic E-state index is 0.0776. The zero-order chi connectivity index (χ0) is 18.0. The second-order valence-electron chi connectivity index (χ2n) is 6.51. The monoisotopic (exact) mass is 368 g/mol. The number of benzene rings is 1. The fourth-order valence-electron chi connectivity index (χ4n) is 3.03. The molecule has 0 saturated carbocycles. The molecule has 2 aliphatic heterocycles. The maximum Gasteiger partial charge on any atom is 0.243 e. The molecule has 0 aliphatic carbocycles. The van der Waals surface area contributed by atoms with Crippen LogP contribution in [-0.4, -0.2) is 51.4 Å². The Labute approximate surface area is 148 Å². The van der Waals surface area contributed by atoms with E-state index in [1.807, 2.05) is 0 Å². The van der Waals surface area contributed by atoms with Gasteiger partial charge in [0.25, 0.3) is 0 Å². The Morgan fingerprint density at radius 3 is 2.60 bits per heavy atom. The Balaban J connectivity index is 1.82. The lowest BCUT2D eigenvalue weighted by Crippen LogP contribution is -2.46. The van der Waals surface area contributed by atoms with Crippen LogP contribution in [0.5, 0.6) is 11.5 Å². The minimum Gasteiger partial charge on any atom is -0.454 e. The first-order valence-corrected chi connectivity index (χ1v) is 10.2. The van der Waals surface area contributed by atoms with E-state index in [-0.39, 0.29) is 25.0 Å². The van der Waals surface area contributed by atoms with Crippen molar-refractivity contribution in [1.82, 2.24) is 4.90 Å². The summed E-state index contributed by atoms with van der Waals surface area (Å²) in [5.74, 6) is 1.43. The van der Waals surface area contributed by atoms with Crippen molar-refractivity contribution < 1.29 is 22.7 Å². The van der Waals surface area contributed by atoms with Crippen LogP contribution < -0.4 is 13.8 Å². The van der Waals surface area contributed by atoms with E-state index in [1.165, 1.54) is 4.31 Å². The van der Waals surface area contributed by atoms with E-state index in [1.54, 1.807) is 30.0 Å². The molecular formula is C17H24N2O5S. The van der Waals surface area contributed by atoms with Gasteiger partial charge in [0, 0.05) is 19.2 Å². The van der Waals surface area contributed by atoms with Crippen LogP contribution in [0.3, 0.4) is 0 Å². The lowest BCUT2D eigenvalue weighted by atomic mass is 9.99. The largest absolute Gasteiger partial charge is 0.454 e. The molecule has 0 radical (unpaired) electrons. The molecule has 8 heteroatoms. The topological polar surface area (TPSA) is 76.2 Å². The van der Waals surface area contributed by atoms with Gasteiger partial charge in [-0.2, -0.15) is 0 Å². The number of likely N-dealkylation sites (tertiary alicyclic amines) is 1. The first kappa shape index (κ1) is 17.8. The number of hydrogen-bond acceptors (Lipinski definition) is 5. The summed E-state index contributed by atoms with van der Waals surface area (Å²) >= 11 is 0. The molecule has 2 aliphatic rings. The number of fused-ring (bicyclic) bond motifs is 1. The molecule has 0 aromatic heterocycles. The first-order valence-electron chi connectivity index (χ1n) is 8.58. The van der Waals surface area contributed by atoms with Crippen molar-refractivity contribution in [3.05, 3.63) is 18.2 Å². The third-order valence-electron chi connectivity index (χ3n) is 4.76. The molecule has 0 N–H and O–H groups in total. The Morgan fingerprint density at radius 1 is 1.24 bits per heavy atom. The highest BCUT2D eigenvalue weighted by molar-refractivity contribution is 7.92. The van der Waals surface area contributed by atoms with Gasteiger partial charge in [-0.05, 0) is 37.8 Å². The zero-order valence-electron chi connectivity index (χ0n) is 14.6. The summed E-state index contributed by atoms with van der Waals surface area (Å²) in [6.45, 7) is 5.03. The fraction of sp³-hybridized carbons (Fsp3) is 0.588. The zero-order valence-corrected chi connectivity index (χ0v) is 15.4. The highest BCUT2D eigenvalue weighted by Gasteiger charge is 2.28. The average Bonchev–Trinajstić information content (AvgIpc) is 3.07. The van der Waals surface area contributed by atoms with Gasteiger partial charge in [0.2, 0.25) is 22.7 Å². The number of piperidine rings is 1. The molecule has 1 amide bonds. The molecule has 1 aromatic carbocycles. The van der Waals surface area contributed by atoms with Gasteiger partial charge in [0.15, 0.2) is 11.5 Å². The summed E-state index contributed by atoms with van der Waals surface area (Å²) in [5, 5.41) is 0. The molecule has 0 spiro atoms. The maximum absolute atomic E-state index is 12.6. The molecule has 1 fully saturated rings. The van der Waals surface area contributed by atoms with Crippen LogP contribution >= 0.6 is 0 Å². The summed E-state index contributed by atoms with van der Waals surface area (Å²) in [6.07, 6.45) is 1.91. The van der Waals surface area contributed by atoms with E-state index in [4.69, 9.17) is 9.47 Å². The second-order valence-corrected chi connectivity index (χ2v) is 8.69. The molecule has 0 unspecified atom stereocenters. The third-order valence-corrected chi connectivity index (χ3v) is 6.50. The van der Waals surface area contributed by atoms with E-state index in [0.717, 1.165) is 12.8 Å². The number of anilines is 1. The van der Waals surface area contributed by atoms with Gasteiger partial charge in [0.05, 0.1) is 11.4 Å². The van der Waals surface area contributed by atoms with E-state index in [9.17, 15) is 13.2 Å². The van der Waals surface area contributed by atoms with Crippen LogP contribution in [0.25, 0.3) is 0 Å². The van der Waals surface area contributed by atoms with Crippen molar-refractivity contribution in [2.45, 2.75) is 26.7 Å². The lowest BCUT2D eigenvalue weighted by molar-refractivity contribution is -0.130. The quantitative estimate of drug-likeness (QED) is 0.792. The van der Waals surface area contributed by atoms with Crippen LogP contribution in [-0.2, 0) is 14.8 Å². The molecule has 25 heavy (non-hydrogen) atoms. The van der Waals surface area contributed by atoms with Gasteiger partial charge in [-0.15, -0.1) is 0 Å². The van der Waals surface area contributed by atoms with Crippen molar-refractivity contribution in [2.75, 3.05) is 36.5 Å². The van der Waals surface area contributed by atoms with Crippen molar-refractivity contribution in [1.29, 1.82) is 0 Å². The summed E-state index contributed by atoms with van der Waals surface area (Å²) in [4.78, 5) is 14.4. The molecule has 1 saturated heterocycles. The highest BCUT2D eigenvalue weighted by Crippen LogP contribution is 2.36. The van der Waals surface area contributed by atoms with Crippen molar-refractivity contribution >= 4 is 21.6 Å². The van der Waals surface area contributed by atoms with Crippen LogP contribution in [0.1, 0.15) is 26.7 Å². The van der Waals surface area contributed by atoms with Crippen LogP contribution in [0.15, 0.2) is 18.2 Å². The number of carbonyl (C=O) groups is 1. The summed E-state index contributed by atoms with van der Waals surface area (Å²) in [5.41, 5.74) is 0.421. The molecule has 1 aromatic rings. The van der Waals surface area contributed by atoms with Gasteiger partial charge in [-0.25, -0.2) is 8.42 Å². The van der Waals surface area contributed by atoms with Crippen LogP contribution in [0, 0.1) is 5.92 Å². The van der Waals surface area contributed by atoms with E-state index in [2.05, 4.69) is 6.92 Å². The van der Waals surface area contributed by atoms with Gasteiger partial charge in [-0.3, -0.25) is 9.10 Å². The van der Waals surface area contributed by atoms with Crippen molar-refractivity contribution in [3.8, 4) is 11.5 Å². The molecule has 7 nitrogen and oxygen atoms in total. The summed E-state index contributed by atoms with van der Waals surface area (Å²) in [7, 11) is -3.59. The Kier molecular flexibility index (Phi) is 5.08. The molecule has 138 valence electrons. The number of sulfonamides is 1. The van der Waals surface area contributed by atoms with Gasteiger partial charge >= 0.3 is 0 Å². The van der Waals surface area contributed by atoms with Crippen molar-refractivity contribution in [2.24, 2.45) is 5.92 Å². The first-order chi connectivity index (χ1) is 11.9. The van der Waals surface area contributed by atoms with Gasteiger partial charge < -0.3 is 14.4 Å². The van der Waals surface area contributed by atoms with Crippen LogP contribution in [0.4, 0.5) is 5.69 Å². The van der Waals surface area contributed by atoms with E-state index >= 15 is 0 Å². The van der Waals surface area contributed by atoms with E-state index < -0.39 is 10.0 Å². The third kappa shape index (κ3) is 3.84. The van der Waals surface area contributed by atoms with E-state index in [0.29, 0.717) is 36.2 Å². The minimum atomic E-state index is -3.59. The number of amides is 1. The number of rotatable bonds is 5. The fourth-order valence-corrected chi connectivity index (χ4v) is 4.08. The smallest absolute Gasteiger partial charge is 0.243 e. The number of ether oxygens (including phenoxy) is 2. The Morgan fingerprint density at radius 2 is 1.92 bits per heavy atom. The molecular weight excluding hydrogens is 344 g/mol. The summed E-state index contributed by atoms with van der Waals surface area (Å²) < 4.78 is 36.9. The summed E-state index contributed by atoms with van der Waals surface area (Å²) in [6, 6.07) is 4.93. The molecule has 0 atom stereocenters. The number of carbonyl (C=O) groups excluding carboxylic acids is 1. The number of hydrogen-bond donors (Lipinski definition) is 0. The average molecular weight is 368 g/mol. The van der Waals surface area contributed by atoms with Crippen molar-refractivity contribution in [3.63, 3.8) is 0 Å². The Bertz CT molecular complexity index is 741. The maximum atomic E-state index is 12.6. The molecule has 2 heterocycles. The highest BCUT2D eigenvalue weighted by atomic mass is 32.2. The number of nitrogens with zero attached hydrogens (tertiary/aromatic N) is 2. The molecule has 3 rings (SSSR count). The second kappa shape index (κ2) is 7.11. The van der Waals surface area contributed by atoms with Gasteiger partial charge in [-0.1, -0.05) is 6.92 Å². The Hall–Kier alpha value is -1.96. The predicted molar refractivity (Wildman–Crippen MR) is 94.3 cm³/mol. The predicted octanol–water partition coefficient (Wildman–Crippen LogP) is 1.83. The van der Waals surface area contributed by atoms with Crippen LogP contribution in [0.2, 0.25) is 0 Å². The SMILES string of the molecule is CCS(=O)(=O)N(CC(=O)N1CCC(C)CC1)c1ccc2c(c1)OCO2. The standard InChI is InChI=1S/C17H24N2O5S/c1-3-25(21,22)19(11-17(20)18-8-6-13(2)7-9-18)14-4-5-15-16(10-14)24-12-23-15/h4-5,10,13H,3,6-9,11-12H2,1-2H3. The normalized spacial score (nSPS) is 17.6. The lowest BCUT2D eigenvalue weighted by Gasteiger charge is -2.32.